The molecule has 21 heavy (non-hydrogen) atoms. The number of thiophene rings is 1. The number of aliphatic hydroxyl groups is 1. The van der Waals surface area contributed by atoms with E-state index in [0.29, 0.717) is 0 Å². The van der Waals surface area contributed by atoms with Gasteiger partial charge in [-0.2, -0.15) is 0 Å². The molecule has 4 heteroatoms. The van der Waals surface area contributed by atoms with Crippen LogP contribution in [0.5, 0.6) is 0 Å². The Morgan fingerprint density at radius 3 is 2.48 bits per heavy atom. The Morgan fingerprint density at radius 1 is 1.29 bits per heavy atom. The molecule has 1 heterocycles. The van der Waals surface area contributed by atoms with Crippen LogP contribution in [0.2, 0.25) is 0 Å². The van der Waals surface area contributed by atoms with Gasteiger partial charge in [0.2, 0.25) is 0 Å². The maximum Gasteiger partial charge on any atom is 0.316 e. The van der Waals surface area contributed by atoms with E-state index in [-0.39, 0.29) is 19.2 Å². The van der Waals surface area contributed by atoms with Crippen molar-refractivity contribution in [2.45, 2.75) is 33.3 Å². The van der Waals surface area contributed by atoms with Gasteiger partial charge in [-0.15, -0.1) is 11.3 Å². The van der Waals surface area contributed by atoms with E-state index >= 15 is 0 Å². The summed E-state index contributed by atoms with van der Waals surface area (Å²) in [7, 11) is 0. The maximum atomic E-state index is 12.2. The smallest absolute Gasteiger partial charge is 0.316 e. The maximum absolute atomic E-state index is 12.2. The van der Waals surface area contributed by atoms with E-state index in [0.717, 1.165) is 21.6 Å². The lowest BCUT2D eigenvalue weighted by molar-refractivity contribution is -0.147. The molecule has 1 aromatic carbocycles. The second-order valence-electron chi connectivity index (χ2n) is 5.24. The molecule has 112 valence electrons. The number of hydrogen-bond donors (Lipinski definition) is 1. The molecule has 0 aliphatic heterocycles. The van der Waals surface area contributed by atoms with Crippen LogP contribution >= 0.6 is 11.3 Å². The van der Waals surface area contributed by atoms with E-state index in [1.54, 1.807) is 0 Å². The zero-order valence-corrected chi connectivity index (χ0v) is 13.4. The molecule has 1 atom stereocenters. The molecule has 0 aliphatic rings. The van der Waals surface area contributed by atoms with E-state index < -0.39 is 5.92 Å². The zero-order chi connectivity index (χ0) is 15.4. The summed E-state index contributed by atoms with van der Waals surface area (Å²) in [6, 6.07) is 7.87. The van der Waals surface area contributed by atoms with Gasteiger partial charge < -0.3 is 9.84 Å². The van der Waals surface area contributed by atoms with Crippen molar-refractivity contribution in [3.8, 4) is 0 Å². The van der Waals surface area contributed by atoms with Crippen molar-refractivity contribution in [3.63, 3.8) is 0 Å². The van der Waals surface area contributed by atoms with Gasteiger partial charge in [0.1, 0.15) is 12.5 Å². The minimum Gasteiger partial charge on any atom is -0.460 e. The molecule has 2 rings (SSSR count). The largest absolute Gasteiger partial charge is 0.460 e. The summed E-state index contributed by atoms with van der Waals surface area (Å²) in [5, 5.41) is 11.3. The molecule has 2 aromatic rings. The van der Waals surface area contributed by atoms with Gasteiger partial charge in [0.15, 0.2) is 0 Å². The van der Waals surface area contributed by atoms with Crippen LogP contribution in [0.1, 0.15) is 33.0 Å². The highest BCUT2D eigenvalue weighted by molar-refractivity contribution is 7.10. The summed E-state index contributed by atoms with van der Waals surface area (Å²) in [6.07, 6.45) is 0. The minimum absolute atomic E-state index is 0.231. The van der Waals surface area contributed by atoms with Gasteiger partial charge in [0, 0.05) is 4.88 Å². The fourth-order valence-corrected chi connectivity index (χ4v) is 3.26. The predicted molar refractivity (Wildman–Crippen MR) is 84.6 cm³/mol. The van der Waals surface area contributed by atoms with Gasteiger partial charge in [0.25, 0.3) is 0 Å². The first-order valence-electron chi connectivity index (χ1n) is 6.90. The Morgan fingerprint density at radius 2 is 1.95 bits per heavy atom. The van der Waals surface area contributed by atoms with Crippen LogP contribution in [0.15, 0.2) is 29.6 Å². The van der Waals surface area contributed by atoms with Crippen LogP contribution in [0.3, 0.4) is 0 Å². The standard InChI is InChI=1S/C17H20O3S/c1-11-7-12(2)15(13(3)8-11)10-20-17(19)14(9-18)16-5-4-6-21-16/h4-8,14,18H,9-10H2,1-3H3. The average molecular weight is 304 g/mol. The van der Waals surface area contributed by atoms with Crippen molar-refractivity contribution in [1.82, 2.24) is 0 Å². The van der Waals surface area contributed by atoms with Crippen molar-refractivity contribution in [1.29, 1.82) is 0 Å². The van der Waals surface area contributed by atoms with Crippen molar-refractivity contribution >= 4 is 17.3 Å². The zero-order valence-electron chi connectivity index (χ0n) is 12.6. The number of benzene rings is 1. The molecule has 0 aliphatic carbocycles. The topological polar surface area (TPSA) is 46.5 Å². The Bertz CT molecular complexity index is 594. The lowest BCUT2D eigenvalue weighted by Gasteiger charge is -2.15. The van der Waals surface area contributed by atoms with Gasteiger partial charge in [0.05, 0.1) is 6.61 Å². The lowest BCUT2D eigenvalue weighted by atomic mass is 10.0. The summed E-state index contributed by atoms with van der Waals surface area (Å²) in [5.41, 5.74) is 4.48. The number of hydrogen-bond acceptors (Lipinski definition) is 4. The first kappa shape index (κ1) is 15.7. The Labute approximate surface area is 129 Å². The van der Waals surface area contributed by atoms with Crippen molar-refractivity contribution in [3.05, 3.63) is 56.8 Å². The Hall–Kier alpha value is -1.65. The highest BCUT2D eigenvalue weighted by atomic mass is 32.1. The molecule has 0 fully saturated rings. The summed E-state index contributed by atoms with van der Waals surface area (Å²) >= 11 is 1.45. The number of rotatable bonds is 5. The van der Waals surface area contributed by atoms with Crippen LogP contribution in [0, 0.1) is 20.8 Å². The van der Waals surface area contributed by atoms with Gasteiger partial charge in [-0.05, 0) is 48.9 Å². The van der Waals surface area contributed by atoms with E-state index in [1.807, 2.05) is 38.3 Å². The van der Waals surface area contributed by atoms with Crippen LogP contribution in [0.4, 0.5) is 0 Å². The number of carbonyl (C=O) groups excluding carboxylic acids is 1. The molecule has 0 amide bonds. The van der Waals surface area contributed by atoms with Crippen molar-refractivity contribution < 1.29 is 14.6 Å². The molecule has 0 saturated carbocycles. The fraction of sp³-hybridized carbons (Fsp3) is 0.353. The monoisotopic (exact) mass is 304 g/mol. The number of carbonyl (C=O) groups is 1. The van der Waals surface area contributed by atoms with E-state index in [4.69, 9.17) is 4.74 Å². The van der Waals surface area contributed by atoms with E-state index in [2.05, 4.69) is 12.1 Å². The molecule has 1 aromatic heterocycles. The highest BCUT2D eigenvalue weighted by Crippen LogP contribution is 2.23. The SMILES string of the molecule is Cc1cc(C)c(COC(=O)C(CO)c2cccs2)c(C)c1. The van der Waals surface area contributed by atoms with Crippen LogP contribution in [0.25, 0.3) is 0 Å². The first-order chi connectivity index (χ1) is 10.0. The molecule has 0 radical (unpaired) electrons. The predicted octanol–water partition coefficient (Wildman–Crippen LogP) is 3.49. The minimum atomic E-state index is -0.587. The summed E-state index contributed by atoms with van der Waals surface area (Å²) < 4.78 is 5.41. The van der Waals surface area contributed by atoms with Crippen LogP contribution in [-0.4, -0.2) is 17.7 Å². The molecule has 0 bridgehead atoms. The van der Waals surface area contributed by atoms with Gasteiger partial charge >= 0.3 is 5.97 Å². The molecule has 1 N–H and O–H groups in total. The normalized spacial score (nSPS) is 12.2. The van der Waals surface area contributed by atoms with Gasteiger partial charge in [-0.1, -0.05) is 23.8 Å². The van der Waals surface area contributed by atoms with E-state index in [9.17, 15) is 9.90 Å². The highest BCUT2D eigenvalue weighted by Gasteiger charge is 2.22. The lowest BCUT2D eigenvalue weighted by Crippen LogP contribution is -2.18. The first-order valence-corrected chi connectivity index (χ1v) is 7.78. The average Bonchev–Trinajstić information content (AvgIpc) is 2.92. The molecular formula is C17H20O3S. The third kappa shape index (κ3) is 3.71. The summed E-state index contributed by atoms with van der Waals surface area (Å²) in [4.78, 5) is 13.0. The van der Waals surface area contributed by atoms with E-state index in [1.165, 1.54) is 16.9 Å². The number of ether oxygens (including phenoxy) is 1. The molecule has 0 spiro atoms. The summed E-state index contributed by atoms with van der Waals surface area (Å²) in [5.74, 6) is -0.963. The third-order valence-corrected chi connectivity index (χ3v) is 4.54. The second-order valence-corrected chi connectivity index (χ2v) is 6.21. The van der Waals surface area contributed by atoms with Gasteiger partial charge in [-0.25, -0.2) is 0 Å². The number of esters is 1. The Kier molecular flexibility index (Phi) is 5.15. The molecule has 3 nitrogen and oxygen atoms in total. The fourth-order valence-electron chi connectivity index (χ4n) is 2.45. The second kappa shape index (κ2) is 6.87. The van der Waals surface area contributed by atoms with Crippen molar-refractivity contribution in [2.24, 2.45) is 0 Å². The van der Waals surface area contributed by atoms with Crippen molar-refractivity contribution in [2.75, 3.05) is 6.61 Å². The third-order valence-electron chi connectivity index (χ3n) is 3.55. The molecule has 1 unspecified atom stereocenters. The van der Waals surface area contributed by atoms with Crippen LogP contribution < -0.4 is 0 Å². The van der Waals surface area contributed by atoms with Crippen LogP contribution in [-0.2, 0) is 16.1 Å². The van der Waals surface area contributed by atoms with Gasteiger partial charge in [-0.3, -0.25) is 4.79 Å². The summed E-state index contributed by atoms with van der Waals surface area (Å²) in [6.45, 7) is 6.11. The number of aliphatic hydroxyl groups excluding tert-OH is 1. The molecular weight excluding hydrogens is 284 g/mol. The molecule has 0 saturated heterocycles. The Balaban J connectivity index is 2.07. The quantitative estimate of drug-likeness (QED) is 0.860. The number of aryl methyl sites for hydroxylation is 3.